The molecule has 0 radical (unpaired) electrons. The number of hydrogen-bond donors (Lipinski definition) is 0. The third-order valence-electron chi connectivity index (χ3n) is 11.8. The summed E-state index contributed by atoms with van der Waals surface area (Å²) in [6, 6.07) is 64.4. The maximum absolute atomic E-state index is 6.52. The number of aromatic nitrogens is 4. The first-order chi connectivity index (χ1) is 28.7. The molecule has 0 saturated heterocycles. The third kappa shape index (κ3) is 5.21. The van der Waals surface area contributed by atoms with Crippen LogP contribution in [0.4, 0.5) is 0 Å². The quantitative estimate of drug-likeness (QED) is 0.176. The first kappa shape index (κ1) is 32.6. The largest absolute Gasteiger partial charge is 0.488 e. The van der Waals surface area contributed by atoms with Gasteiger partial charge in [0.2, 0.25) is 0 Å². The summed E-state index contributed by atoms with van der Waals surface area (Å²) < 4.78 is 8.86. The molecule has 2 aliphatic rings. The average Bonchev–Trinajstić information content (AvgIpc) is 3.84. The van der Waals surface area contributed by atoms with Gasteiger partial charge in [-0.1, -0.05) is 146 Å². The lowest BCUT2D eigenvalue weighted by atomic mass is 9.91. The van der Waals surface area contributed by atoms with Gasteiger partial charge in [-0.05, 0) is 81.3 Å². The number of fused-ring (bicyclic) bond motifs is 9. The van der Waals surface area contributed by atoms with Gasteiger partial charge in [0, 0.05) is 44.8 Å². The summed E-state index contributed by atoms with van der Waals surface area (Å²) in [5.41, 5.74) is 17.4. The monoisotopic (exact) mass is 742 g/mol. The molecule has 3 heterocycles. The number of nitrogens with zero attached hydrogens (tertiary/aromatic N) is 4. The van der Waals surface area contributed by atoms with Gasteiger partial charge < -0.3 is 9.30 Å². The standard InChI is InChI=1S/C53H34N4O/c1-3-12-33(13-4-1)51-54-52(34-14-5-2-6-15-34)56-53(55-51)46-19-11-16-37-30-38-28-35(23-26-42(38)50(37)46)36-22-25-41-39(29-36)32-58-49-31-40(24-27-45(41)49)57-47-20-9-7-17-43(47)44-18-8-10-21-48(44)57/h1-29,31H,30,32H2. The van der Waals surface area contributed by atoms with Gasteiger partial charge in [0.05, 0.1) is 11.0 Å². The normalized spacial score (nSPS) is 12.5. The van der Waals surface area contributed by atoms with Crippen LogP contribution < -0.4 is 4.74 Å². The highest BCUT2D eigenvalue weighted by atomic mass is 16.5. The maximum Gasteiger partial charge on any atom is 0.164 e. The number of hydrogen-bond acceptors (Lipinski definition) is 4. The Hall–Kier alpha value is -7.63. The Balaban J connectivity index is 0.890. The summed E-state index contributed by atoms with van der Waals surface area (Å²) in [4.78, 5) is 15.1. The highest BCUT2D eigenvalue weighted by molar-refractivity contribution is 6.09. The van der Waals surface area contributed by atoms with Crippen molar-refractivity contribution in [2.24, 2.45) is 0 Å². The zero-order valence-corrected chi connectivity index (χ0v) is 31.4. The van der Waals surface area contributed by atoms with Gasteiger partial charge in [-0.3, -0.25) is 0 Å². The van der Waals surface area contributed by atoms with Crippen LogP contribution in [0.3, 0.4) is 0 Å². The summed E-state index contributed by atoms with van der Waals surface area (Å²) in [7, 11) is 0. The Morgan fingerprint density at radius 2 is 0.983 bits per heavy atom. The zero-order chi connectivity index (χ0) is 38.2. The van der Waals surface area contributed by atoms with Gasteiger partial charge in [0.1, 0.15) is 12.4 Å². The van der Waals surface area contributed by atoms with Gasteiger partial charge in [0.25, 0.3) is 0 Å². The molecule has 0 spiro atoms. The van der Waals surface area contributed by atoms with Crippen LogP contribution >= 0.6 is 0 Å². The van der Waals surface area contributed by atoms with E-state index in [-0.39, 0.29) is 0 Å². The lowest BCUT2D eigenvalue weighted by Gasteiger charge is -2.23. The average molecular weight is 743 g/mol. The summed E-state index contributed by atoms with van der Waals surface area (Å²) in [6.07, 6.45) is 0.851. The lowest BCUT2D eigenvalue weighted by Crippen LogP contribution is -2.06. The summed E-state index contributed by atoms with van der Waals surface area (Å²) >= 11 is 0. The molecule has 5 heteroatoms. The van der Waals surface area contributed by atoms with Crippen LogP contribution in [-0.2, 0) is 13.0 Å². The van der Waals surface area contributed by atoms with Gasteiger partial charge in [-0.25, -0.2) is 15.0 Å². The van der Waals surface area contributed by atoms with Crippen LogP contribution in [0, 0.1) is 0 Å². The van der Waals surface area contributed by atoms with Crippen molar-refractivity contribution < 1.29 is 4.74 Å². The van der Waals surface area contributed by atoms with Gasteiger partial charge in [-0.2, -0.15) is 0 Å². The molecule has 0 saturated carbocycles. The van der Waals surface area contributed by atoms with E-state index in [9.17, 15) is 0 Å². The highest BCUT2D eigenvalue weighted by Crippen LogP contribution is 2.46. The molecule has 0 atom stereocenters. The molecule has 1 aliphatic carbocycles. The van der Waals surface area contributed by atoms with Crippen LogP contribution in [0.5, 0.6) is 5.75 Å². The molecule has 2 aromatic heterocycles. The minimum absolute atomic E-state index is 0.522. The minimum Gasteiger partial charge on any atom is -0.488 e. The maximum atomic E-state index is 6.52. The number of benzene rings is 8. The van der Waals surface area contributed by atoms with E-state index in [2.05, 4.69) is 150 Å². The first-order valence-corrected chi connectivity index (χ1v) is 19.8. The molecule has 0 fully saturated rings. The topological polar surface area (TPSA) is 52.8 Å². The van der Waals surface area contributed by atoms with Crippen LogP contribution in [-0.4, -0.2) is 19.5 Å². The van der Waals surface area contributed by atoms with Crippen molar-refractivity contribution in [2.45, 2.75) is 13.0 Å². The Kier molecular flexibility index (Phi) is 7.29. The summed E-state index contributed by atoms with van der Waals surface area (Å²) in [5, 5.41) is 2.51. The fourth-order valence-corrected chi connectivity index (χ4v) is 9.05. The molecule has 0 amide bonds. The smallest absolute Gasteiger partial charge is 0.164 e. The Labute approximate surface area is 335 Å². The van der Waals surface area contributed by atoms with Crippen LogP contribution in [0.25, 0.3) is 95.0 Å². The van der Waals surface area contributed by atoms with Crippen molar-refractivity contribution in [1.29, 1.82) is 0 Å². The molecular formula is C53H34N4O. The zero-order valence-electron chi connectivity index (χ0n) is 31.4. The third-order valence-corrected chi connectivity index (χ3v) is 11.8. The molecule has 0 unspecified atom stereocenters. The summed E-state index contributed by atoms with van der Waals surface area (Å²) in [5.74, 6) is 2.92. The van der Waals surface area contributed by atoms with Crippen molar-refractivity contribution in [1.82, 2.24) is 19.5 Å². The first-order valence-electron chi connectivity index (χ1n) is 19.8. The second-order valence-corrected chi connectivity index (χ2v) is 15.1. The van der Waals surface area contributed by atoms with Crippen molar-refractivity contribution in [3.8, 4) is 79.0 Å². The lowest BCUT2D eigenvalue weighted by molar-refractivity contribution is 0.302. The fourth-order valence-electron chi connectivity index (χ4n) is 9.05. The number of rotatable bonds is 5. The fraction of sp³-hybridized carbons (Fsp3) is 0.0377. The van der Waals surface area contributed by atoms with E-state index in [0.717, 1.165) is 40.1 Å². The molecule has 8 aromatic carbocycles. The van der Waals surface area contributed by atoms with E-state index in [1.807, 2.05) is 36.4 Å². The predicted molar refractivity (Wildman–Crippen MR) is 234 cm³/mol. The van der Waals surface area contributed by atoms with Crippen molar-refractivity contribution in [3.05, 3.63) is 199 Å². The van der Waals surface area contributed by atoms with Crippen molar-refractivity contribution in [3.63, 3.8) is 0 Å². The Bertz CT molecular complexity index is 3150. The number of ether oxygens (including phenoxy) is 1. The molecule has 0 N–H and O–H groups in total. The molecule has 12 rings (SSSR count). The molecule has 272 valence electrons. The molecular weight excluding hydrogens is 709 g/mol. The second-order valence-electron chi connectivity index (χ2n) is 15.1. The molecule has 10 aromatic rings. The Morgan fingerprint density at radius 3 is 1.67 bits per heavy atom. The van der Waals surface area contributed by atoms with Gasteiger partial charge in [0.15, 0.2) is 17.5 Å². The molecule has 0 bridgehead atoms. The predicted octanol–water partition coefficient (Wildman–Crippen LogP) is 12.8. The van der Waals surface area contributed by atoms with E-state index in [0.29, 0.717) is 24.1 Å². The summed E-state index contributed by atoms with van der Waals surface area (Å²) in [6.45, 7) is 0.522. The van der Waals surface area contributed by atoms with Crippen molar-refractivity contribution in [2.75, 3.05) is 0 Å². The highest BCUT2D eigenvalue weighted by Gasteiger charge is 2.26. The van der Waals surface area contributed by atoms with E-state index in [1.165, 1.54) is 66.3 Å². The second kappa shape index (κ2) is 13.0. The molecule has 1 aliphatic heterocycles. The Morgan fingerprint density at radius 1 is 0.397 bits per heavy atom. The van der Waals surface area contributed by atoms with Crippen LogP contribution in [0.2, 0.25) is 0 Å². The SMILES string of the molecule is c1ccc(-c2nc(-c3ccccc3)nc(-c3cccc4c3-c3ccc(-c5ccc6c(c5)COc5cc(-n7c8ccccc8c8ccccc87)ccc5-6)cc3C4)n2)cc1. The van der Waals surface area contributed by atoms with Gasteiger partial charge in [-0.15, -0.1) is 0 Å². The van der Waals surface area contributed by atoms with E-state index in [4.69, 9.17) is 19.7 Å². The van der Waals surface area contributed by atoms with E-state index in [1.54, 1.807) is 0 Å². The van der Waals surface area contributed by atoms with E-state index < -0.39 is 0 Å². The number of para-hydroxylation sites is 2. The van der Waals surface area contributed by atoms with Crippen LogP contribution in [0.15, 0.2) is 182 Å². The minimum atomic E-state index is 0.522. The van der Waals surface area contributed by atoms with E-state index >= 15 is 0 Å². The molecule has 5 nitrogen and oxygen atoms in total. The molecule has 58 heavy (non-hydrogen) atoms. The van der Waals surface area contributed by atoms with Crippen LogP contribution in [0.1, 0.15) is 16.7 Å². The van der Waals surface area contributed by atoms with Crippen molar-refractivity contribution >= 4 is 21.8 Å². The van der Waals surface area contributed by atoms with Gasteiger partial charge >= 0.3 is 0 Å².